The highest BCUT2D eigenvalue weighted by Crippen LogP contribution is 2.20. The molecule has 0 saturated heterocycles. The maximum atomic E-state index is 12.5. The van der Waals surface area contributed by atoms with Crippen LogP contribution in [0, 0.1) is 13.8 Å². The van der Waals surface area contributed by atoms with E-state index in [1.807, 2.05) is 48.7 Å². The van der Waals surface area contributed by atoms with Crippen LogP contribution in [-0.2, 0) is 17.9 Å². The summed E-state index contributed by atoms with van der Waals surface area (Å²) in [7, 11) is 0. The third-order valence-electron chi connectivity index (χ3n) is 4.62. The van der Waals surface area contributed by atoms with Crippen LogP contribution < -0.4 is 10.6 Å². The molecule has 0 aliphatic rings. The summed E-state index contributed by atoms with van der Waals surface area (Å²) in [4.78, 5) is 24.9. The summed E-state index contributed by atoms with van der Waals surface area (Å²) in [6, 6.07) is 13.1. The topological polar surface area (TPSA) is 88.9 Å². The van der Waals surface area contributed by atoms with Crippen molar-refractivity contribution < 1.29 is 9.59 Å². The summed E-state index contributed by atoms with van der Waals surface area (Å²) in [6.45, 7) is 8.43. The standard InChI is InChI=1S/C23H24BrN5O2S/c1-4-11-29-20(13-25-22(31)17-7-5-6-8-18(17)24)27-28-23(29)32-14-21(30)26-19-10-9-15(2)12-16(19)3/h4-10,12H,1,11,13-14H2,2-3H3,(H,25,31)(H,26,30). The second kappa shape index (κ2) is 11.1. The summed E-state index contributed by atoms with van der Waals surface area (Å²) >= 11 is 4.67. The van der Waals surface area contributed by atoms with Gasteiger partial charge in [0.25, 0.3) is 5.91 Å². The van der Waals surface area contributed by atoms with Crippen LogP contribution in [0.2, 0.25) is 0 Å². The van der Waals surface area contributed by atoms with Crippen molar-refractivity contribution >= 4 is 45.2 Å². The largest absolute Gasteiger partial charge is 0.345 e. The second-order valence-corrected chi connectivity index (χ2v) is 8.91. The Hall–Kier alpha value is -2.91. The molecule has 0 aliphatic heterocycles. The molecular weight excluding hydrogens is 490 g/mol. The van der Waals surface area contributed by atoms with E-state index in [1.165, 1.54) is 11.8 Å². The van der Waals surface area contributed by atoms with Gasteiger partial charge < -0.3 is 15.2 Å². The summed E-state index contributed by atoms with van der Waals surface area (Å²) < 4.78 is 2.55. The van der Waals surface area contributed by atoms with Gasteiger partial charge in [-0.15, -0.1) is 16.8 Å². The molecule has 0 aliphatic carbocycles. The van der Waals surface area contributed by atoms with Gasteiger partial charge in [-0.25, -0.2) is 0 Å². The lowest BCUT2D eigenvalue weighted by atomic mass is 10.1. The Morgan fingerprint density at radius 2 is 1.97 bits per heavy atom. The van der Waals surface area contributed by atoms with E-state index in [-0.39, 0.29) is 24.1 Å². The van der Waals surface area contributed by atoms with Crippen LogP contribution in [-0.4, -0.2) is 32.3 Å². The molecule has 0 atom stereocenters. The fraction of sp³-hybridized carbons (Fsp3) is 0.217. The zero-order valence-electron chi connectivity index (χ0n) is 17.9. The molecule has 0 radical (unpaired) electrons. The van der Waals surface area contributed by atoms with Gasteiger partial charge in [-0.1, -0.05) is 47.7 Å². The first kappa shape index (κ1) is 23.7. The number of rotatable bonds is 9. The highest BCUT2D eigenvalue weighted by Gasteiger charge is 2.16. The van der Waals surface area contributed by atoms with E-state index in [1.54, 1.807) is 18.2 Å². The number of hydrogen-bond acceptors (Lipinski definition) is 5. The van der Waals surface area contributed by atoms with Crippen molar-refractivity contribution in [1.82, 2.24) is 20.1 Å². The van der Waals surface area contributed by atoms with Gasteiger partial charge in [-0.3, -0.25) is 9.59 Å². The number of carbonyl (C=O) groups excluding carboxylic acids is 2. The lowest BCUT2D eigenvalue weighted by Gasteiger charge is -2.10. The number of hydrogen-bond donors (Lipinski definition) is 2. The minimum atomic E-state index is -0.215. The third-order valence-corrected chi connectivity index (χ3v) is 6.28. The molecule has 3 aromatic rings. The normalized spacial score (nSPS) is 10.6. The molecule has 3 rings (SSSR count). The number of carbonyl (C=O) groups is 2. The molecule has 32 heavy (non-hydrogen) atoms. The van der Waals surface area contributed by atoms with Gasteiger partial charge in [0.1, 0.15) is 0 Å². The number of thioether (sulfide) groups is 1. The first-order valence-electron chi connectivity index (χ1n) is 9.94. The Kier molecular flexibility index (Phi) is 8.24. The molecule has 2 aromatic carbocycles. The molecule has 1 aromatic heterocycles. The summed E-state index contributed by atoms with van der Waals surface area (Å²) in [5.74, 6) is 0.431. The maximum Gasteiger partial charge on any atom is 0.252 e. The molecule has 0 bridgehead atoms. The number of halogens is 1. The van der Waals surface area contributed by atoms with E-state index in [9.17, 15) is 9.59 Å². The first-order valence-corrected chi connectivity index (χ1v) is 11.7. The van der Waals surface area contributed by atoms with Crippen LogP contribution in [0.25, 0.3) is 0 Å². The van der Waals surface area contributed by atoms with Gasteiger partial charge in [-0.2, -0.15) is 0 Å². The zero-order valence-corrected chi connectivity index (χ0v) is 20.3. The molecular formula is C23H24BrN5O2S. The molecule has 1 heterocycles. The molecule has 0 saturated carbocycles. The number of benzene rings is 2. The Morgan fingerprint density at radius 1 is 1.19 bits per heavy atom. The Labute approximate surface area is 199 Å². The number of amides is 2. The van der Waals surface area contributed by atoms with Crippen LogP contribution in [0.1, 0.15) is 27.3 Å². The first-order chi connectivity index (χ1) is 15.4. The van der Waals surface area contributed by atoms with Crippen LogP contribution >= 0.6 is 27.7 Å². The van der Waals surface area contributed by atoms with Gasteiger partial charge in [0.2, 0.25) is 5.91 Å². The number of nitrogens with zero attached hydrogens (tertiary/aromatic N) is 3. The molecule has 9 heteroatoms. The molecule has 2 amide bonds. The average molecular weight is 514 g/mol. The summed E-state index contributed by atoms with van der Waals surface area (Å²) in [5, 5.41) is 14.8. The quantitative estimate of drug-likeness (QED) is 0.324. The van der Waals surface area contributed by atoms with Crippen molar-refractivity contribution in [2.75, 3.05) is 11.1 Å². The number of nitrogens with one attached hydrogen (secondary N) is 2. The highest BCUT2D eigenvalue weighted by molar-refractivity contribution is 9.10. The predicted molar refractivity (Wildman–Crippen MR) is 131 cm³/mol. The fourth-order valence-electron chi connectivity index (χ4n) is 3.04. The van der Waals surface area contributed by atoms with Crippen molar-refractivity contribution in [1.29, 1.82) is 0 Å². The summed E-state index contributed by atoms with van der Waals surface area (Å²) in [6.07, 6.45) is 1.72. The van der Waals surface area contributed by atoms with Gasteiger partial charge >= 0.3 is 0 Å². The SMILES string of the molecule is C=CCn1c(CNC(=O)c2ccccc2Br)nnc1SCC(=O)Nc1ccc(C)cc1C. The number of aromatic nitrogens is 3. The monoisotopic (exact) mass is 513 g/mol. The van der Waals surface area contributed by atoms with Crippen LogP contribution in [0.5, 0.6) is 0 Å². The van der Waals surface area contributed by atoms with Crippen molar-refractivity contribution in [2.45, 2.75) is 32.1 Å². The van der Waals surface area contributed by atoms with E-state index in [0.717, 1.165) is 21.3 Å². The second-order valence-electron chi connectivity index (χ2n) is 7.12. The van der Waals surface area contributed by atoms with Gasteiger partial charge in [-0.05, 0) is 53.5 Å². The van der Waals surface area contributed by atoms with E-state index in [2.05, 4.69) is 43.3 Å². The van der Waals surface area contributed by atoms with Gasteiger partial charge in [0, 0.05) is 16.7 Å². The van der Waals surface area contributed by atoms with Crippen molar-refractivity contribution in [3.8, 4) is 0 Å². The van der Waals surface area contributed by atoms with Crippen molar-refractivity contribution in [2.24, 2.45) is 0 Å². The zero-order chi connectivity index (χ0) is 23.1. The number of anilines is 1. The Morgan fingerprint density at radius 3 is 2.69 bits per heavy atom. The molecule has 2 N–H and O–H groups in total. The van der Waals surface area contributed by atoms with Crippen LogP contribution in [0.3, 0.4) is 0 Å². The lowest BCUT2D eigenvalue weighted by molar-refractivity contribution is -0.113. The van der Waals surface area contributed by atoms with Gasteiger partial charge in [0.05, 0.1) is 17.9 Å². The van der Waals surface area contributed by atoms with E-state index in [4.69, 9.17) is 0 Å². The Bertz CT molecular complexity index is 1150. The third kappa shape index (κ3) is 6.08. The van der Waals surface area contributed by atoms with E-state index in [0.29, 0.717) is 23.1 Å². The number of allylic oxidation sites excluding steroid dienone is 1. The molecule has 7 nitrogen and oxygen atoms in total. The Balaban J connectivity index is 1.62. The van der Waals surface area contributed by atoms with Gasteiger partial charge in [0.15, 0.2) is 11.0 Å². The number of aryl methyl sites for hydroxylation is 2. The molecule has 166 valence electrons. The molecule has 0 spiro atoms. The fourth-order valence-corrected chi connectivity index (χ4v) is 4.27. The summed E-state index contributed by atoms with van der Waals surface area (Å²) in [5.41, 5.74) is 3.50. The molecule has 0 unspecified atom stereocenters. The van der Waals surface area contributed by atoms with Crippen LogP contribution in [0.4, 0.5) is 5.69 Å². The molecule has 0 fully saturated rings. The highest BCUT2D eigenvalue weighted by atomic mass is 79.9. The van der Waals surface area contributed by atoms with Crippen molar-refractivity contribution in [3.05, 3.63) is 82.1 Å². The minimum absolute atomic E-state index is 0.126. The van der Waals surface area contributed by atoms with E-state index >= 15 is 0 Å². The lowest BCUT2D eigenvalue weighted by Crippen LogP contribution is -2.25. The van der Waals surface area contributed by atoms with Crippen molar-refractivity contribution in [3.63, 3.8) is 0 Å². The average Bonchev–Trinajstić information content (AvgIpc) is 3.15. The van der Waals surface area contributed by atoms with E-state index < -0.39 is 0 Å². The van der Waals surface area contributed by atoms with Crippen LogP contribution in [0.15, 0.2) is 64.7 Å². The minimum Gasteiger partial charge on any atom is -0.345 e. The predicted octanol–water partition coefficient (Wildman–Crippen LogP) is 4.50. The smallest absolute Gasteiger partial charge is 0.252 e. The maximum absolute atomic E-state index is 12.5.